The van der Waals surface area contributed by atoms with Gasteiger partial charge in [-0.3, -0.25) is 0 Å². The number of hydrogen-bond donors (Lipinski definition) is 0. The smallest absolute Gasteiger partial charge is 0.166 e. The van der Waals surface area contributed by atoms with Crippen LogP contribution in [0.4, 0.5) is 4.39 Å². The van der Waals surface area contributed by atoms with E-state index in [1.54, 1.807) is 6.07 Å². The van der Waals surface area contributed by atoms with Gasteiger partial charge in [0.15, 0.2) is 11.6 Å². The van der Waals surface area contributed by atoms with Gasteiger partial charge in [0.25, 0.3) is 0 Å². The predicted molar refractivity (Wildman–Crippen MR) is 74.9 cm³/mol. The maximum Gasteiger partial charge on any atom is 0.166 e. The molecule has 0 bridgehead atoms. The second-order valence-corrected chi connectivity index (χ2v) is 4.56. The number of rotatable bonds is 4. The molecule has 1 nitrogen and oxygen atoms in total. The van der Waals surface area contributed by atoms with E-state index in [-0.39, 0.29) is 11.6 Å². The quantitative estimate of drug-likeness (QED) is 0.716. The van der Waals surface area contributed by atoms with E-state index in [2.05, 4.69) is 22.9 Å². The lowest BCUT2D eigenvalue weighted by atomic mass is 10.1. The highest BCUT2D eigenvalue weighted by atomic mass is 79.9. The summed E-state index contributed by atoms with van der Waals surface area (Å²) in [7, 11) is 0. The molecule has 0 spiro atoms. The van der Waals surface area contributed by atoms with Gasteiger partial charge >= 0.3 is 0 Å². The van der Waals surface area contributed by atoms with Crippen molar-refractivity contribution in [3.05, 3.63) is 59.4 Å². The van der Waals surface area contributed by atoms with Crippen LogP contribution in [0.5, 0.6) is 11.5 Å². The molecule has 0 fully saturated rings. The largest absolute Gasteiger partial charge is 0.454 e. The minimum atomic E-state index is -0.339. The monoisotopic (exact) mass is 308 g/mol. The number of alkyl halides is 1. The van der Waals surface area contributed by atoms with Crippen molar-refractivity contribution in [2.75, 3.05) is 0 Å². The van der Waals surface area contributed by atoms with Gasteiger partial charge in [-0.15, -0.1) is 0 Å². The van der Waals surface area contributed by atoms with Crippen LogP contribution in [-0.4, -0.2) is 0 Å². The number of aryl methyl sites for hydroxylation is 1. The lowest BCUT2D eigenvalue weighted by Gasteiger charge is -2.08. The summed E-state index contributed by atoms with van der Waals surface area (Å²) in [4.78, 5) is 0. The third-order valence-corrected chi connectivity index (χ3v) is 3.33. The zero-order valence-electron chi connectivity index (χ0n) is 10.1. The average Bonchev–Trinajstić information content (AvgIpc) is 2.41. The molecular formula is C15H14BrFO. The van der Waals surface area contributed by atoms with Gasteiger partial charge in [-0.25, -0.2) is 4.39 Å². The van der Waals surface area contributed by atoms with Gasteiger partial charge < -0.3 is 4.74 Å². The Hall–Kier alpha value is -1.35. The molecule has 0 atom stereocenters. The van der Waals surface area contributed by atoms with Crippen LogP contribution in [0.1, 0.15) is 18.1 Å². The fourth-order valence-corrected chi connectivity index (χ4v) is 2.01. The molecule has 0 radical (unpaired) electrons. The molecular weight excluding hydrogens is 295 g/mol. The van der Waals surface area contributed by atoms with E-state index in [9.17, 15) is 4.39 Å². The van der Waals surface area contributed by atoms with Crippen molar-refractivity contribution in [1.29, 1.82) is 0 Å². The maximum absolute atomic E-state index is 13.8. The summed E-state index contributed by atoms with van der Waals surface area (Å²) in [6, 6.07) is 12.7. The first-order valence-corrected chi connectivity index (χ1v) is 6.96. The van der Waals surface area contributed by atoms with Gasteiger partial charge in [0.1, 0.15) is 5.75 Å². The molecule has 3 heteroatoms. The van der Waals surface area contributed by atoms with Crippen molar-refractivity contribution >= 4 is 15.9 Å². The normalized spacial score (nSPS) is 10.4. The van der Waals surface area contributed by atoms with Crippen molar-refractivity contribution in [2.24, 2.45) is 0 Å². The molecule has 0 heterocycles. The van der Waals surface area contributed by atoms with Crippen LogP contribution in [0, 0.1) is 5.82 Å². The van der Waals surface area contributed by atoms with Crippen LogP contribution in [0.15, 0.2) is 42.5 Å². The van der Waals surface area contributed by atoms with E-state index in [4.69, 9.17) is 4.74 Å². The molecule has 0 unspecified atom stereocenters. The highest BCUT2D eigenvalue weighted by molar-refractivity contribution is 9.08. The zero-order chi connectivity index (χ0) is 13.0. The van der Waals surface area contributed by atoms with Crippen molar-refractivity contribution in [1.82, 2.24) is 0 Å². The lowest BCUT2D eigenvalue weighted by Crippen LogP contribution is -1.91. The van der Waals surface area contributed by atoms with Crippen LogP contribution in [0.25, 0.3) is 0 Å². The van der Waals surface area contributed by atoms with Crippen molar-refractivity contribution in [3.63, 3.8) is 0 Å². The molecule has 0 saturated carbocycles. The topological polar surface area (TPSA) is 9.23 Å². The van der Waals surface area contributed by atoms with Gasteiger partial charge in [-0.2, -0.15) is 0 Å². The molecule has 0 amide bonds. The molecule has 2 rings (SSSR count). The average molecular weight is 309 g/mol. The summed E-state index contributed by atoms with van der Waals surface area (Å²) in [6.07, 6.45) is 0.933. The summed E-state index contributed by atoms with van der Waals surface area (Å²) in [5.41, 5.74) is 2.06. The third-order valence-electron chi connectivity index (χ3n) is 2.69. The van der Waals surface area contributed by atoms with E-state index in [1.165, 1.54) is 11.6 Å². The Morgan fingerprint density at radius 1 is 1.11 bits per heavy atom. The van der Waals surface area contributed by atoms with Gasteiger partial charge in [0.05, 0.1) is 0 Å². The second kappa shape index (κ2) is 6.01. The first kappa shape index (κ1) is 13.1. The Bertz CT molecular complexity index is 540. The zero-order valence-corrected chi connectivity index (χ0v) is 11.7. The van der Waals surface area contributed by atoms with E-state index >= 15 is 0 Å². The Morgan fingerprint density at radius 2 is 1.94 bits per heavy atom. The molecule has 0 aliphatic rings. The molecule has 94 valence electrons. The van der Waals surface area contributed by atoms with Gasteiger partial charge in [-0.1, -0.05) is 41.1 Å². The summed E-state index contributed by atoms with van der Waals surface area (Å²) in [5.74, 6) is 0.585. The Morgan fingerprint density at radius 3 is 2.61 bits per heavy atom. The Balaban J connectivity index is 2.22. The summed E-state index contributed by atoms with van der Waals surface area (Å²) in [5, 5.41) is 0.634. The van der Waals surface area contributed by atoms with E-state index < -0.39 is 0 Å². The van der Waals surface area contributed by atoms with Crippen LogP contribution in [0.2, 0.25) is 0 Å². The van der Waals surface area contributed by atoms with Gasteiger partial charge in [0, 0.05) is 5.33 Å². The maximum atomic E-state index is 13.8. The molecule has 18 heavy (non-hydrogen) atoms. The molecule has 0 saturated heterocycles. The highest BCUT2D eigenvalue weighted by Crippen LogP contribution is 2.26. The summed E-state index contributed by atoms with van der Waals surface area (Å²) in [6.45, 7) is 2.07. The van der Waals surface area contributed by atoms with Gasteiger partial charge in [-0.05, 0) is 41.8 Å². The van der Waals surface area contributed by atoms with E-state index in [0.29, 0.717) is 11.1 Å². The Labute approximate surface area is 115 Å². The summed E-state index contributed by atoms with van der Waals surface area (Å²) >= 11 is 3.29. The second-order valence-electron chi connectivity index (χ2n) is 4.00. The van der Waals surface area contributed by atoms with Crippen LogP contribution in [-0.2, 0) is 11.8 Å². The van der Waals surface area contributed by atoms with Crippen molar-refractivity contribution < 1.29 is 9.13 Å². The number of hydrogen-bond acceptors (Lipinski definition) is 1. The van der Waals surface area contributed by atoms with Crippen molar-refractivity contribution in [2.45, 2.75) is 18.7 Å². The lowest BCUT2D eigenvalue weighted by molar-refractivity contribution is 0.441. The molecule has 0 N–H and O–H groups in total. The van der Waals surface area contributed by atoms with Gasteiger partial charge in [0.2, 0.25) is 0 Å². The summed E-state index contributed by atoms with van der Waals surface area (Å²) < 4.78 is 19.3. The predicted octanol–water partition coefficient (Wildman–Crippen LogP) is 5.08. The molecule has 0 aliphatic heterocycles. The first-order chi connectivity index (χ1) is 8.72. The highest BCUT2D eigenvalue weighted by Gasteiger charge is 2.06. The minimum absolute atomic E-state index is 0.257. The van der Waals surface area contributed by atoms with Crippen molar-refractivity contribution in [3.8, 4) is 11.5 Å². The molecule has 2 aromatic carbocycles. The fraction of sp³-hybridized carbons (Fsp3) is 0.200. The molecule has 0 aromatic heterocycles. The van der Waals surface area contributed by atoms with Crippen LogP contribution < -0.4 is 4.74 Å². The van der Waals surface area contributed by atoms with Crippen LogP contribution >= 0.6 is 15.9 Å². The van der Waals surface area contributed by atoms with E-state index in [1.807, 2.05) is 30.3 Å². The third kappa shape index (κ3) is 3.10. The Kier molecular flexibility index (Phi) is 4.37. The minimum Gasteiger partial charge on any atom is -0.454 e. The fourth-order valence-electron chi connectivity index (χ4n) is 1.67. The number of halogens is 2. The SMILES string of the molecule is CCc1cccc(Oc2ccc(CBr)cc2F)c1. The standard InChI is InChI=1S/C15H14BrFO/c1-2-11-4-3-5-13(8-11)18-15-7-6-12(10-16)9-14(15)17/h3-9H,2,10H2,1H3. The molecule has 0 aliphatic carbocycles. The van der Waals surface area contributed by atoms with E-state index in [0.717, 1.165) is 12.0 Å². The molecule has 2 aromatic rings. The van der Waals surface area contributed by atoms with Crippen LogP contribution in [0.3, 0.4) is 0 Å². The number of ether oxygens (including phenoxy) is 1. The number of benzene rings is 2. The first-order valence-electron chi connectivity index (χ1n) is 5.84.